The molecular formula is C26H27NO6. The summed E-state index contributed by atoms with van der Waals surface area (Å²) in [5.74, 6) is 1.20. The number of nitrogens with one attached hydrogen (secondary N) is 1. The standard InChI is InChI=1S/C26H27NO6/c1-17(2)31-23-15-10-19(16-24(23)30-4)26(29)32-18(3)25(28)27-20-11-13-22(14-12-20)33-21-8-6-5-7-9-21/h5-18H,1-4H3,(H,27,28). The van der Waals surface area contributed by atoms with Gasteiger partial charge in [-0.3, -0.25) is 4.79 Å². The smallest absolute Gasteiger partial charge is 0.339 e. The molecule has 1 N–H and O–H groups in total. The maximum atomic E-state index is 12.5. The number of ether oxygens (including phenoxy) is 4. The van der Waals surface area contributed by atoms with Gasteiger partial charge < -0.3 is 24.3 Å². The van der Waals surface area contributed by atoms with Crippen molar-refractivity contribution in [2.24, 2.45) is 0 Å². The molecule has 33 heavy (non-hydrogen) atoms. The van der Waals surface area contributed by atoms with Gasteiger partial charge in [-0.15, -0.1) is 0 Å². The van der Waals surface area contributed by atoms with Crippen LogP contribution in [0.15, 0.2) is 72.8 Å². The lowest BCUT2D eigenvalue weighted by atomic mass is 10.2. The number of benzene rings is 3. The zero-order valence-corrected chi connectivity index (χ0v) is 19.0. The zero-order chi connectivity index (χ0) is 23.8. The molecular weight excluding hydrogens is 422 g/mol. The summed E-state index contributed by atoms with van der Waals surface area (Å²) in [4.78, 5) is 25.0. The molecule has 0 spiro atoms. The van der Waals surface area contributed by atoms with Crippen LogP contribution in [0.4, 0.5) is 5.69 Å². The number of rotatable bonds is 9. The lowest BCUT2D eigenvalue weighted by Crippen LogP contribution is -2.30. The van der Waals surface area contributed by atoms with Crippen LogP contribution in [0.1, 0.15) is 31.1 Å². The van der Waals surface area contributed by atoms with E-state index in [0.29, 0.717) is 22.9 Å². The van der Waals surface area contributed by atoms with Crippen LogP contribution in [0, 0.1) is 0 Å². The van der Waals surface area contributed by atoms with Gasteiger partial charge in [0.15, 0.2) is 17.6 Å². The lowest BCUT2D eigenvalue weighted by Gasteiger charge is -2.16. The molecule has 0 aliphatic rings. The van der Waals surface area contributed by atoms with Gasteiger partial charge in [0.25, 0.3) is 5.91 Å². The first-order valence-electron chi connectivity index (χ1n) is 10.5. The summed E-state index contributed by atoms with van der Waals surface area (Å²) >= 11 is 0. The van der Waals surface area contributed by atoms with Gasteiger partial charge in [-0.2, -0.15) is 0 Å². The first kappa shape index (κ1) is 23.7. The number of hydrogen-bond donors (Lipinski definition) is 1. The van der Waals surface area contributed by atoms with Crippen LogP contribution in [0.3, 0.4) is 0 Å². The molecule has 0 aromatic heterocycles. The Balaban J connectivity index is 1.57. The molecule has 0 radical (unpaired) electrons. The van der Waals surface area contributed by atoms with Crippen molar-refractivity contribution in [1.29, 1.82) is 0 Å². The molecule has 7 heteroatoms. The summed E-state index contributed by atoms with van der Waals surface area (Å²) in [7, 11) is 1.49. The van der Waals surface area contributed by atoms with Gasteiger partial charge in [0, 0.05) is 5.69 Å². The van der Waals surface area contributed by atoms with Crippen LogP contribution >= 0.6 is 0 Å². The second-order valence-electron chi connectivity index (χ2n) is 7.51. The van der Waals surface area contributed by atoms with Crippen LogP contribution in [-0.4, -0.2) is 31.2 Å². The highest BCUT2D eigenvalue weighted by Gasteiger charge is 2.20. The van der Waals surface area contributed by atoms with Crippen LogP contribution in [0.25, 0.3) is 0 Å². The minimum atomic E-state index is -1.00. The molecule has 3 aromatic rings. The van der Waals surface area contributed by atoms with Crippen molar-refractivity contribution in [1.82, 2.24) is 0 Å². The van der Waals surface area contributed by atoms with E-state index >= 15 is 0 Å². The summed E-state index contributed by atoms with van der Waals surface area (Å²) in [5.41, 5.74) is 0.810. The summed E-state index contributed by atoms with van der Waals surface area (Å²) in [6.45, 7) is 5.30. The molecule has 0 aliphatic carbocycles. The van der Waals surface area contributed by atoms with E-state index in [9.17, 15) is 9.59 Å². The van der Waals surface area contributed by atoms with Crippen LogP contribution < -0.4 is 19.5 Å². The monoisotopic (exact) mass is 449 g/mol. The fourth-order valence-electron chi connectivity index (χ4n) is 2.90. The minimum absolute atomic E-state index is 0.0422. The third kappa shape index (κ3) is 6.74. The Bertz CT molecular complexity index is 1080. The van der Waals surface area contributed by atoms with Crippen molar-refractivity contribution in [3.05, 3.63) is 78.4 Å². The van der Waals surface area contributed by atoms with E-state index < -0.39 is 18.0 Å². The van der Waals surface area contributed by atoms with E-state index in [1.165, 1.54) is 20.1 Å². The SMILES string of the molecule is COc1cc(C(=O)OC(C)C(=O)Nc2ccc(Oc3ccccc3)cc2)ccc1OC(C)C. The Morgan fingerprint density at radius 3 is 2.12 bits per heavy atom. The fraction of sp³-hybridized carbons (Fsp3) is 0.231. The molecule has 1 unspecified atom stereocenters. The number of hydrogen-bond acceptors (Lipinski definition) is 6. The molecule has 0 bridgehead atoms. The Labute approximate surface area is 193 Å². The Hall–Kier alpha value is -4.00. The van der Waals surface area contributed by atoms with E-state index in [-0.39, 0.29) is 11.7 Å². The van der Waals surface area contributed by atoms with E-state index in [0.717, 1.165) is 5.75 Å². The summed E-state index contributed by atoms with van der Waals surface area (Å²) in [6.07, 6.45) is -1.05. The topological polar surface area (TPSA) is 83.1 Å². The predicted molar refractivity (Wildman–Crippen MR) is 125 cm³/mol. The van der Waals surface area contributed by atoms with Gasteiger partial charge in [-0.05, 0) is 75.4 Å². The first-order chi connectivity index (χ1) is 15.9. The highest BCUT2D eigenvalue weighted by molar-refractivity contribution is 5.97. The molecule has 0 aliphatic heterocycles. The van der Waals surface area contributed by atoms with Gasteiger partial charge in [0.05, 0.1) is 18.8 Å². The molecule has 0 saturated heterocycles. The van der Waals surface area contributed by atoms with Crippen molar-refractivity contribution in [2.75, 3.05) is 12.4 Å². The zero-order valence-electron chi connectivity index (χ0n) is 19.0. The number of esters is 1. The average Bonchev–Trinajstić information content (AvgIpc) is 2.80. The summed E-state index contributed by atoms with van der Waals surface area (Å²) in [6, 6.07) is 21.0. The van der Waals surface area contributed by atoms with Gasteiger partial charge in [0.1, 0.15) is 11.5 Å². The maximum Gasteiger partial charge on any atom is 0.339 e. The number of amides is 1. The quantitative estimate of drug-likeness (QED) is 0.437. The van der Waals surface area contributed by atoms with E-state index in [1.54, 1.807) is 36.4 Å². The fourth-order valence-corrected chi connectivity index (χ4v) is 2.90. The molecule has 0 fully saturated rings. The van der Waals surface area contributed by atoms with Crippen LogP contribution in [0.5, 0.6) is 23.0 Å². The van der Waals surface area contributed by atoms with E-state index in [2.05, 4.69) is 5.32 Å². The molecule has 1 atom stereocenters. The second kappa shape index (κ2) is 11.0. The number of carbonyl (C=O) groups excluding carboxylic acids is 2. The average molecular weight is 450 g/mol. The normalized spacial score (nSPS) is 11.4. The van der Waals surface area contributed by atoms with E-state index in [1.807, 2.05) is 44.2 Å². The third-order valence-electron chi connectivity index (χ3n) is 4.52. The van der Waals surface area contributed by atoms with Crippen molar-refractivity contribution < 1.29 is 28.5 Å². The number of anilines is 1. The number of methoxy groups -OCH3 is 1. The van der Waals surface area contributed by atoms with Crippen molar-refractivity contribution in [3.63, 3.8) is 0 Å². The Morgan fingerprint density at radius 2 is 1.48 bits per heavy atom. The van der Waals surface area contributed by atoms with Crippen LogP contribution in [-0.2, 0) is 9.53 Å². The second-order valence-corrected chi connectivity index (χ2v) is 7.51. The van der Waals surface area contributed by atoms with Gasteiger partial charge in [-0.1, -0.05) is 18.2 Å². The van der Waals surface area contributed by atoms with Gasteiger partial charge in [-0.25, -0.2) is 4.79 Å². The lowest BCUT2D eigenvalue weighted by molar-refractivity contribution is -0.123. The third-order valence-corrected chi connectivity index (χ3v) is 4.52. The number of carbonyl (C=O) groups is 2. The number of para-hydroxylation sites is 1. The Morgan fingerprint density at radius 1 is 0.818 bits per heavy atom. The summed E-state index contributed by atoms with van der Waals surface area (Å²) < 4.78 is 22.0. The maximum absolute atomic E-state index is 12.5. The predicted octanol–water partition coefficient (Wildman–Crippen LogP) is 5.46. The largest absolute Gasteiger partial charge is 0.493 e. The summed E-state index contributed by atoms with van der Waals surface area (Å²) in [5, 5.41) is 2.73. The Kier molecular flexibility index (Phi) is 7.91. The van der Waals surface area contributed by atoms with Crippen molar-refractivity contribution in [2.45, 2.75) is 33.0 Å². The molecule has 0 heterocycles. The van der Waals surface area contributed by atoms with Gasteiger partial charge >= 0.3 is 5.97 Å². The molecule has 0 saturated carbocycles. The molecule has 7 nitrogen and oxygen atoms in total. The highest BCUT2D eigenvalue weighted by atomic mass is 16.5. The van der Waals surface area contributed by atoms with E-state index in [4.69, 9.17) is 18.9 Å². The van der Waals surface area contributed by atoms with Crippen LogP contribution in [0.2, 0.25) is 0 Å². The van der Waals surface area contributed by atoms with Crippen molar-refractivity contribution >= 4 is 17.6 Å². The first-order valence-corrected chi connectivity index (χ1v) is 10.5. The van der Waals surface area contributed by atoms with Gasteiger partial charge in [0.2, 0.25) is 0 Å². The molecule has 3 aromatic carbocycles. The van der Waals surface area contributed by atoms with Crippen molar-refractivity contribution in [3.8, 4) is 23.0 Å². The molecule has 3 rings (SSSR count). The highest BCUT2D eigenvalue weighted by Crippen LogP contribution is 2.29. The minimum Gasteiger partial charge on any atom is -0.493 e. The molecule has 172 valence electrons. The molecule has 1 amide bonds.